The molecule has 0 bridgehead atoms. The average molecular weight is 392 g/mol. The zero-order chi connectivity index (χ0) is 15.6. The highest BCUT2D eigenvalue weighted by Gasteiger charge is 2.20. The summed E-state index contributed by atoms with van der Waals surface area (Å²) in [5.41, 5.74) is 2.20. The molecule has 0 heterocycles. The van der Waals surface area contributed by atoms with E-state index in [0.717, 1.165) is 5.56 Å². The first-order chi connectivity index (χ1) is 9.93. The fraction of sp³-hybridized carbons (Fsp3) is 0.250. The van der Waals surface area contributed by atoms with Crippen LogP contribution in [0, 0.1) is 12.7 Å². The van der Waals surface area contributed by atoms with E-state index in [1.54, 1.807) is 24.3 Å². The van der Waals surface area contributed by atoms with E-state index in [9.17, 15) is 4.39 Å². The smallest absolute Gasteiger partial charge is 0.139 e. The lowest BCUT2D eigenvalue weighted by Gasteiger charge is -2.16. The van der Waals surface area contributed by atoms with Crippen molar-refractivity contribution in [3.8, 4) is 5.75 Å². The van der Waals surface area contributed by atoms with E-state index in [4.69, 9.17) is 27.9 Å². The Morgan fingerprint density at radius 2 is 1.86 bits per heavy atom. The van der Waals surface area contributed by atoms with Gasteiger partial charge in [-0.25, -0.2) is 4.39 Å². The number of hydrogen-bond donors (Lipinski definition) is 0. The van der Waals surface area contributed by atoms with Crippen molar-refractivity contribution in [2.75, 3.05) is 6.61 Å². The first kappa shape index (κ1) is 16.6. The molecule has 2 aromatic rings. The van der Waals surface area contributed by atoms with Crippen molar-refractivity contribution in [3.63, 3.8) is 0 Å². The zero-order valence-corrected chi connectivity index (χ0v) is 14.7. The van der Waals surface area contributed by atoms with E-state index in [2.05, 4.69) is 15.9 Å². The SMILES string of the molecule is CCOc1cc(Cl)c(C(Br)c2cc(C)ccc2F)cc1Cl. The molecule has 1 atom stereocenters. The highest BCUT2D eigenvalue weighted by molar-refractivity contribution is 9.09. The molecular formula is C16H14BrCl2FO. The first-order valence-corrected chi connectivity index (χ1v) is 8.13. The van der Waals surface area contributed by atoms with Gasteiger partial charge in [-0.3, -0.25) is 0 Å². The average Bonchev–Trinajstić information content (AvgIpc) is 2.44. The number of halogens is 4. The molecule has 2 aromatic carbocycles. The van der Waals surface area contributed by atoms with Gasteiger partial charge in [0.15, 0.2) is 0 Å². The molecule has 0 amide bonds. The Hall–Kier alpha value is -0.770. The van der Waals surface area contributed by atoms with Gasteiger partial charge in [-0.05, 0) is 31.5 Å². The maximum absolute atomic E-state index is 14.0. The molecule has 0 aliphatic rings. The minimum Gasteiger partial charge on any atom is -0.492 e. The van der Waals surface area contributed by atoms with Crippen molar-refractivity contribution in [1.29, 1.82) is 0 Å². The lowest BCUT2D eigenvalue weighted by atomic mass is 10.0. The van der Waals surface area contributed by atoms with Crippen molar-refractivity contribution in [2.45, 2.75) is 18.7 Å². The van der Waals surface area contributed by atoms with Gasteiger partial charge < -0.3 is 4.74 Å². The van der Waals surface area contributed by atoms with Gasteiger partial charge in [0.05, 0.1) is 16.5 Å². The van der Waals surface area contributed by atoms with Crippen molar-refractivity contribution >= 4 is 39.1 Å². The third kappa shape index (κ3) is 3.71. The normalized spacial score (nSPS) is 12.3. The molecule has 0 aliphatic carbocycles. The van der Waals surface area contributed by atoms with Crippen molar-refractivity contribution < 1.29 is 9.13 Å². The molecule has 0 saturated carbocycles. The second kappa shape index (κ2) is 6.99. The summed E-state index contributed by atoms with van der Waals surface area (Å²) in [6, 6.07) is 8.32. The van der Waals surface area contributed by atoms with Crippen LogP contribution >= 0.6 is 39.1 Å². The van der Waals surface area contributed by atoms with E-state index in [-0.39, 0.29) is 10.6 Å². The van der Waals surface area contributed by atoms with E-state index in [1.807, 2.05) is 13.8 Å². The molecular weight excluding hydrogens is 378 g/mol. The van der Waals surface area contributed by atoms with Crippen LogP contribution in [0.5, 0.6) is 5.75 Å². The molecule has 0 fully saturated rings. The van der Waals surface area contributed by atoms with Gasteiger partial charge >= 0.3 is 0 Å². The standard InChI is InChI=1S/C16H14BrCl2FO/c1-3-21-15-8-12(18)10(7-13(15)19)16(17)11-6-9(2)4-5-14(11)20/h4-8,16H,3H2,1-2H3. The third-order valence-electron chi connectivity index (χ3n) is 3.05. The molecule has 0 aromatic heterocycles. The molecule has 0 radical (unpaired) electrons. The van der Waals surface area contributed by atoms with Crippen molar-refractivity contribution in [2.24, 2.45) is 0 Å². The number of ether oxygens (including phenoxy) is 1. The highest BCUT2D eigenvalue weighted by atomic mass is 79.9. The largest absolute Gasteiger partial charge is 0.492 e. The summed E-state index contributed by atoms with van der Waals surface area (Å²) in [7, 11) is 0. The van der Waals surface area contributed by atoms with Crippen LogP contribution in [0.4, 0.5) is 4.39 Å². The molecule has 0 spiro atoms. The number of aryl methyl sites for hydroxylation is 1. The minimum absolute atomic E-state index is 0.288. The van der Waals surface area contributed by atoms with Crippen molar-refractivity contribution in [3.05, 3.63) is 62.9 Å². The molecule has 5 heteroatoms. The summed E-state index contributed by atoms with van der Waals surface area (Å²) in [5, 5.41) is 0.930. The summed E-state index contributed by atoms with van der Waals surface area (Å²) in [4.78, 5) is -0.377. The molecule has 21 heavy (non-hydrogen) atoms. The summed E-state index contributed by atoms with van der Waals surface area (Å²) in [6.07, 6.45) is 0. The van der Waals surface area contributed by atoms with E-state index in [0.29, 0.717) is 33.5 Å². The van der Waals surface area contributed by atoms with Gasteiger partial charge in [0.2, 0.25) is 0 Å². The van der Waals surface area contributed by atoms with Crippen LogP contribution in [-0.2, 0) is 0 Å². The predicted molar refractivity (Wildman–Crippen MR) is 89.5 cm³/mol. The number of benzene rings is 2. The monoisotopic (exact) mass is 390 g/mol. The Morgan fingerprint density at radius 1 is 1.14 bits per heavy atom. The number of alkyl halides is 1. The summed E-state index contributed by atoms with van der Waals surface area (Å²) in [6.45, 7) is 4.28. The number of hydrogen-bond acceptors (Lipinski definition) is 1. The van der Waals surface area contributed by atoms with Crippen LogP contribution in [0.1, 0.15) is 28.4 Å². The highest BCUT2D eigenvalue weighted by Crippen LogP contribution is 2.41. The zero-order valence-electron chi connectivity index (χ0n) is 11.6. The van der Waals surface area contributed by atoms with Gasteiger partial charge in [0.25, 0.3) is 0 Å². The van der Waals surface area contributed by atoms with E-state index >= 15 is 0 Å². The van der Waals surface area contributed by atoms with Gasteiger partial charge in [-0.2, -0.15) is 0 Å². The Labute approximate surface area is 142 Å². The van der Waals surface area contributed by atoms with Gasteiger partial charge in [-0.1, -0.05) is 56.8 Å². The molecule has 0 aliphatic heterocycles. The molecule has 1 nitrogen and oxygen atoms in total. The van der Waals surface area contributed by atoms with Crippen LogP contribution in [0.2, 0.25) is 10.0 Å². The quantitative estimate of drug-likeness (QED) is 0.553. The fourth-order valence-corrected chi connectivity index (χ4v) is 3.38. The Balaban J connectivity index is 2.46. The first-order valence-electron chi connectivity index (χ1n) is 6.46. The van der Waals surface area contributed by atoms with Gasteiger partial charge in [0.1, 0.15) is 11.6 Å². The van der Waals surface area contributed by atoms with E-state index in [1.165, 1.54) is 6.07 Å². The minimum atomic E-state index is -0.377. The molecule has 2 rings (SSSR count). The Kier molecular flexibility index (Phi) is 5.53. The second-order valence-electron chi connectivity index (χ2n) is 4.62. The van der Waals surface area contributed by atoms with Crippen LogP contribution in [0.25, 0.3) is 0 Å². The van der Waals surface area contributed by atoms with Gasteiger partial charge in [0, 0.05) is 16.7 Å². The van der Waals surface area contributed by atoms with E-state index < -0.39 is 0 Å². The topological polar surface area (TPSA) is 9.23 Å². The summed E-state index contributed by atoms with van der Waals surface area (Å²) in [5.74, 6) is 0.237. The molecule has 1 unspecified atom stereocenters. The Bertz CT molecular complexity index is 661. The van der Waals surface area contributed by atoms with Crippen LogP contribution in [-0.4, -0.2) is 6.61 Å². The second-order valence-corrected chi connectivity index (χ2v) is 6.35. The maximum atomic E-state index is 14.0. The molecule has 0 saturated heterocycles. The molecule has 0 N–H and O–H groups in total. The lowest BCUT2D eigenvalue weighted by molar-refractivity contribution is 0.340. The van der Waals surface area contributed by atoms with Crippen LogP contribution < -0.4 is 4.74 Å². The lowest BCUT2D eigenvalue weighted by Crippen LogP contribution is -2.00. The number of rotatable bonds is 4. The summed E-state index contributed by atoms with van der Waals surface area (Å²) < 4.78 is 19.4. The van der Waals surface area contributed by atoms with Crippen LogP contribution in [0.3, 0.4) is 0 Å². The predicted octanol–water partition coefficient (Wildman–Crippen LogP) is 6.32. The fourth-order valence-electron chi connectivity index (χ4n) is 2.03. The third-order valence-corrected chi connectivity index (χ3v) is 4.66. The maximum Gasteiger partial charge on any atom is 0.139 e. The summed E-state index contributed by atoms with van der Waals surface area (Å²) >= 11 is 16.0. The van der Waals surface area contributed by atoms with Crippen LogP contribution in [0.15, 0.2) is 30.3 Å². The van der Waals surface area contributed by atoms with Crippen molar-refractivity contribution in [1.82, 2.24) is 0 Å². The van der Waals surface area contributed by atoms with Gasteiger partial charge in [-0.15, -0.1) is 0 Å². The molecule has 112 valence electrons. The Morgan fingerprint density at radius 3 is 2.52 bits per heavy atom.